The van der Waals surface area contributed by atoms with E-state index in [2.05, 4.69) is 20.6 Å². The summed E-state index contributed by atoms with van der Waals surface area (Å²) in [5.41, 5.74) is 27.2. The van der Waals surface area contributed by atoms with E-state index in [-0.39, 0.29) is 30.8 Å². The van der Waals surface area contributed by atoms with Crippen LogP contribution >= 0.6 is 0 Å². The third-order valence-corrected chi connectivity index (χ3v) is 5.88. The summed E-state index contributed by atoms with van der Waals surface area (Å²) in [7, 11) is 0. The maximum atomic E-state index is 13.4. The first-order chi connectivity index (χ1) is 17.0. The molecular weight excluding hydrogens is 468 g/mol. The normalized spacial score (nSPS) is 17.6. The van der Waals surface area contributed by atoms with Gasteiger partial charge in [0.1, 0.15) is 18.4 Å². The van der Waals surface area contributed by atoms with Gasteiger partial charge >= 0.3 is 0 Å². The van der Waals surface area contributed by atoms with Crippen molar-refractivity contribution in [3.05, 3.63) is 0 Å². The summed E-state index contributed by atoms with van der Waals surface area (Å²) >= 11 is 0. The SMILES string of the molecule is CC(C)[C@H](N)C(=O)N[C@@H](CCCN=C(N)N)C(=O)N1CCC[C@H]1C(=O)N[C@H](C=O)CCCN=C(N)N. The molecule has 1 aliphatic rings. The molecule has 204 valence electrons. The van der Waals surface area contributed by atoms with Gasteiger partial charge in [0.25, 0.3) is 0 Å². The van der Waals surface area contributed by atoms with Crippen molar-refractivity contribution in [1.29, 1.82) is 0 Å². The Hall–Kier alpha value is -3.42. The zero-order valence-electron chi connectivity index (χ0n) is 21.2. The van der Waals surface area contributed by atoms with Crippen LogP contribution in [0.3, 0.4) is 0 Å². The number of nitrogens with one attached hydrogen (secondary N) is 2. The lowest BCUT2D eigenvalue weighted by Gasteiger charge is -2.30. The second kappa shape index (κ2) is 15.5. The Morgan fingerprint density at radius 2 is 1.58 bits per heavy atom. The molecule has 36 heavy (non-hydrogen) atoms. The summed E-state index contributed by atoms with van der Waals surface area (Å²) < 4.78 is 0. The highest BCUT2D eigenvalue weighted by atomic mass is 16.2. The monoisotopic (exact) mass is 510 g/mol. The van der Waals surface area contributed by atoms with E-state index in [1.165, 1.54) is 4.90 Å². The summed E-state index contributed by atoms with van der Waals surface area (Å²) in [5.74, 6) is -1.51. The summed E-state index contributed by atoms with van der Waals surface area (Å²) in [6.07, 6.45) is 3.24. The summed E-state index contributed by atoms with van der Waals surface area (Å²) in [5, 5.41) is 5.43. The Labute approximate surface area is 211 Å². The Morgan fingerprint density at radius 3 is 2.11 bits per heavy atom. The summed E-state index contributed by atoms with van der Waals surface area (Å²) in [6.45, 7) is 4.58. The third-order valence-electron chi connectivity index (χ3n) is 5.88. The van der Waals surface area contributed by atoms with Gasteiger partial charge in [-0.15, -0.1) is 0 Å². The van der Waals surface area contributed by atoms with Crippen LogP contribution in [0.25, 0.3) is 0 Å². The first-order valence-electron chi connectivity index (χ1n) is 12.2. The fourth-order valence-electron chi connectivity index (χ4n) is 3.81. The zero-order chi connectivity index (χ0) is 27.3. The van der Waals surface area contributed by atoms with Gasteiger partial charge < -0.3 is 49.0 Å². The molecule has 0 bridgehead atoms. The van der Waals surface area contributed by atoms with Crippen LogP contribution < -0.4 is 39.3 Å². The minimum absolute atomic E-state index is 0.0453. The van der Waals surface area contributed by atoms with Crippen molar-refractivity contribution in [1.82, 2.24) is 15.5 Å². The molecule has 1 rings (SSSR count). The number of aliphatic imine (C=N–C) groups is 2. The molecule has 4 atom stereocenters. The Bertz CT molecular complexity index is 809. The van der Waals surface area contributed by atoms with Crippen molar-refractivity contribution < 1.29 is 19.2 Å². The van der Waals surface area contributed by atoms with Gasteiger partial charge in [-0.1, -0.05) is 13.8 Å². The fraction of sp³-hybridized carbons (Fsp3) is 0.727. The van der Waals surface area contributed by atoms with E-state index in [0.717, 1.165) is 0 Å². The van der Waals surface area contributed by atoms with Gasteiger partial charge in [-0.25, -0.2) is 0 Å². The lowest BCUT2D eigenvalue weighted by molar-refractivity contribution is -0.142. The van der Waals surface area contributed by atoms with E-state index in [9.17, 15) is 19.2 Å². The van der Waals surface area contributed by atoms with Crippen molar-refractivity contribution in [2.45, 2.75) is 76.5 Å². The Kier molecular flexibility index (Phi) is 13.2. The van der Waals surface area contributed by atoms with Gasteiger partial charge in [-0.2, -0.15) is 0 Å². The molecule has 1 saturated heterocycles. The average molecular weight is 511 g/mol. The molecule has 3 amide bonds. The van der Waals surface area contributed by atoms with Crippen molar-refractivity contribution >= 4 is 35.9 Å². The number of guanidine groups is 2. The smallest absolute Gasteiger partial charge is 0.245 e. The number of rotatable bonds is 15. The Morgan fingerprint density at radius 1 is 1.00 bits per heavy atom. The van der Waals surface area contributed by atoms with E-state index in [4.69, 9.17) is 28.7 Å². The summed E-state index contributed by atoms with van der Waals surface area (Å²) in [6, 6.07) is -3.17. The van der Waals surface area contributed by atoms with Crippen LogP contribution in [0.15, 0.2) is 9.98 Å². The number of nitrogens with zero attached hydrogens (tertiary/aromatic N) is 3. The number of nitrogens with two attached hydrogens (primary N) is 5. The van der Waals surface area contributed by atoms with Crippen molar-refractivity contribution in [2.24, 2.45) is 44.6 Å². The quantitative estimate of drug-likeness (QED) is 0.0520. The topological polar surface area (TPSA) is 250 Å². The highest BCUT2D eigenvalue weighted by Gasteiger charge is 2.38. The lowest BCUT2D eigenvalue weighted by atomic mass is 10.0. The first-order valence-corrected chi connectivity index (χ1v) is 12.2. The van der Waals surface area contributed by atoms with Crippen LogP contribution in [0, 0.1) is 5.92 Å². The molecule has 0 aromatic rings. The van der Waals surface area contributed by atoms with Crippen LogP contribution in [0.2, 0.25) is 0 Å². The second-order valence-corrected chi connectivity index (χ2v) is 9.17. The highest BCUT2D eigenvalue weighted by Crippen LogP contribution is 2.20. The van der Waals surface area contributed by atoms with E-state index in [1.54, 1.807) is 13.8 Å². The van der Waals surface area contributed by atoms with Crippen LogP contribution in [0.1, 0.15) is 52.4 Å². The van der Waals surface area contributed by atoms with E-state index >= 15 is 0 Å². The first kappa shape index (κ1) is 30.6. The molecule has 0 aliphatic carbocycles. The standard InChI is InChI=1S/C22H42N10O4/c1-13(2)17(23)19(35)31-15(7-4-10-29-22(26)27)20(36)32-11-5-8-16(32)18(34)30-14(12-33)6-3-9-28-21(24)25/h12-17H,3-11,23H2,1-2H3,(H,30,34)(H,31,35)(H4,24,25,28)(H4,26,27,29)/t14-,15-,16-,17-/m0/s1. The number of hydrogen-bond donors (Lipinski definition) is 7. The highest BCUT2D eigenvalue weighted by molar-refractivity contribution is 5.94. The molecule has 0 unspecified atom stereocenters. The van der Waals surface area contributed by atoms with Gasteiger partial charge in [-0.05, 0) is 44.4 Å². The van der Waals surface area contributed by atoms with Crippen LogP contribution in [0.4, 0.5) is 0 Å². The number of likely N-dealkylation sites (tertiary alicyclic amines) is 1. The lowest BCUT2D eigenvalue weighted by Crippen LogP contribution is -2.57. The van der Waals surface area contributed by atoms with Crippen LogP contribution in [-0.4, -0.2) is 84.6 Å². The van der Waals surface area contributed by atoms with Gasteiger partial charge in [-0.3, -0.25) is 24.4 Å². The maximum Gasteiger partial charge on any atom is 0.245 e. The molecule has 12 N–H and O–H groups in total. The van der Waals surface area contributed by atoms with Crippen LogP contribution in [-0.2, 0) is 19.2 Å². The fourth-order valence-corrected chi connectivity index (χ4v) is 3.81. The Balaban J connectivity index is 2.89. The number of carbonyl (C=O) groups excluding carboxylic acids is 4. The average Bonchev–Trinajstić information content (AvgIpc) is 3.31. The predicted molar refractivity (Wildman–Crippen MR) is 137 cm³/mol. The number of hydrogen-bond acceptors (Lipinski definition) is 7. The molecular formula is C22H42N10O4. The largest absolute Gasteiger partial charge is 0.370 e. The molecule has 1 heterocycles. The van der Waals surface area contributed by atoms with Crippen LogP contribution in [0.5, 0.6) is 0 Å². The van der Waals surface area contributed by atoms with E-state index in [1.807, 2.05) is 0 Å². The minimum atomic E-state index is -0.897. The van der Waals surface area contributed by atoms with Gasteiger partial charge in [0.05, 0.1) is 12.1 Å². The third kappa shape index (κ3) is 10.5. The van der Waals surface area contributed by atoms with Gasteiger partial charge in [0, 0.05) is 19.6 Å². The van der Waals surface area contributed by atoms with Crippen molar-refractivity contribution in [3.63, 3.8) is 0 Å². The van der Waals surface area contributed by atoms with Gasteiger partial charge in [0.2, 0.25) is 17.7 Å². The zero-order valence-corrected chi connectivity index (χ0v) is 21.2. The minimum Gasteiger partial charge on any atom is -0.370 e. The summed E-state index contributed by atoms with van der Waals surface area (Å²) in [4.78, 5) is 59.7. The molecule has 0 radical (unpaired) electrons. The maximum absolute atomic E-state index is 13.4. The number of amides is 3. The second-order valence-electron chi connectivity index (χ2n) is 9.17. The molecule has 1 aliphatic heterocycles. The molecule has 14 nitrogen and oxygen atoms in total. The molecule has 0 spiro atoms. The van der Waals surface area contributed by atoms with E-state index in [0.29, 0.717) is 51.5 Å². The van der Waals surface area contributed by atoms with Crippen molar-refractivity contribution in [2.75, 3.05) is 19.6 Å². The van der Waals surface area contributed by atoms with Crippen molar-refractivity contribution in [3.8, 4) is 0 Å². The predicted octanol–water partition coefficient (Wildman–Crippen LogP) is -2.76. The molecule has 1 fully saturated rings. The molecule has 0 aromatic heterocycles. The molecule has 14 heteroatoms. The molecule has 0 saturated carbocycles. The van der Waals surface area contributed by atoms with E-state index < -0.39 is 41.9 Å². The number of carbonyl (C=O) groups is 4. The number of aldehydes is 1. The molecule has 0 aromatic carbocycles. The van der Waals surface area contributed by atoms with Gasteiger partial charge in [0.15, 0.2) is 11.9 Å².